The zero-order valence-corrected chi connectivity index (χ0v) is 27.6. The second kappa shape index (κ2) is 11.7. The third kappa shape index (κ3) is 4.61. The van der Waals surface area contributed by atoms with Crippen molar-refractivity contribution in [3.8, 4) is 56.4 Å². The second-order valence-electron chi connectivity index (χ2n) is 13.1. The van der Waals surface area contributed by atoms with Crippen molar-refractivity contribution in [1.29, 1.82) is 0 Å². The molecule has 2 aromatic heterocycles. The minimum Gasteiger partial charge on any atom is -0.236 e. The first-order chi connectivity index (χ1) is 25.3. The molecule has 2 aliphatic carbocycles. The molecule has 0 radical (unpaired) electrons. The minimum absolute atomic E-state index is 0.475. The molecule has 10 rings (SSSR count). The van der Waals surface area contributed by atoms with Crippen molar-refractivity contribution in [2.24, 2.45) is 0 Å². The van der Waals surface area contributed by atoms with Gasteiger partial charge in [0.2, 0.25) is 0 Å². The summed E-state index contributed by atoms with van der Waals surface area (Å²) >= 11 is 0. The predicted molar refractivity (Wildman–Crippen MR) is 206 cm³/mol. The number of rotatable bonds is 4. The van der Waals surface area contributed by atoms with Crippen molar-refractivity contribution in [2.45, 2.75) is 5.41 Å². The molecular formula is C47H30N4. The van der Waals surface area contributed by atoms with E-state index in [0.717, 1.165) is 33.6 Å². The molecule has 6 aromatic carbocycles. The first-order valence-corrected chi connectivity index (χ1v) is 17.2. The zero-order chi connectivity index (χ0) is 33.8. The molecule has 0 N–H and O–H groups in total. The van der Waals surface area contributed by atoms with Crippen LogP contribution in [0.15, 0.2) is 170 Å². The molecule has 0 saturated heterocycles. The first-order valence-electron chi connectivity index (χ1n) is 17.2. The summed E-state index contributed by atoms with van der Waals surface area (Å²) in [4.78, 5) is 19.8. The van der Waals surface area contributed by atoms with E-state index in [2.05, 4.69) is 115 Å². The molecular weight excluding hydrogens is 621 g/mol. The average Bonchev–Trinajstić information content (AvgIpc) is 3.41. The summed E-state index contributed by atoms with van der Waals surface area (Å²) in [6.45, 7) is 0. The highest BCUT2D eigenvalue weighted by Crippen LogP contribution is 2.58. The van der Waals surface area contributed by atoms with E-state index in [1.807, 2.05) is 67.0 Å². The Bertz CT molecular complexity index is 2580. The molecule has 4 nitrogen and oxygen atoms in total. The number of aromatic nitrogens is 4. The Morgan fingerprint density at radius 2 is 0.882 bits per heavy atom. The van der Waals surface area contributed by atoms with Gasteiger partial charge in [0.1, 0.15) is 0 Å². The summed E-state index contributed by atoms with van der Waals surface area (Å²) in [7, 11) is 0. The van der Waals surface area contributed by atoms with Gasteiger partial charge in [0.05, 0.1) is 16.8 Å². The highest BCUT2D eigenvalue weighted by molar-refractivity contribution is 5.92. The summed E-state index contributed by atoms with van der Waals surface area (Å²) < 4.78 is 0. The molecule has 51 heavy (non-hydrogen) atoms. The lowest BCUT2D eigenvalue weighted by atomic mass is 9.66. The largest absolute Gasteiger partial charge is 0.236 e. The van der Waals surface area contributed by atoms with Gasteiger partial charge in [-0.15, -0.1) is 0 Å². The van der Waals surface area contributed by atoms with Gasteiger partial charge < -0.3 is 0 Å². The lowest BCUT2D eigenvalue weighted by Gasteiger charge is -2.35. The van der Waals surface area contributed by atoms with Gasteiger partial charge >= 0.3 is 0 Å². The molecule has 2 aliphatic rings. The summed E-state index contributed by atoms with van der Waals surface area (Å²) in [5, 5.41) is 0. The van der Waals surface area contributed by atoms with Crippen molar-refractivity contribution in [3.05, 3.63) is 203 Å². The zero-order valence-electron chi connectivity index (χ0n) is 27.6. The fourth-order valence-electron chi connectivity index (χ4n) is 7.97. The van der Waals surface area contributed by atoms with Crippen LogP contribution in [-0.4, -0.2) is 19.9 Å². The predicted octanol–water partition coefficient (Wildman–Crippen LogP) is 10.8. The minimum atomic E-state index is -0.475. The molecule has 0 amide bonds. The van der Waals surface area contributed by atoms with Crippen LogP contribution in [0.2, 0.25) is 0 Å². The molecule has 2 heterocycles. The van der Waals surface area contributed by atoms with Crippen molar-refractivity contribution < 1.29 is 0 Å². The summed E-state index contributed by atoms with van der Waals surface area (Å²) in [5.74, 6) is 1.34. The maximum absolute atomic E-state index is 5.17. The van der Waals surface area contributed by atoms with E-state index in [1.165, 1.54) is 44.5 Å². The molecule has 0 aliphatic heterocycles. The van der Waals surface area contributed by atoms with Gasteiger partial charge in [-0.2, -0.15) is 0 Å². The third-order valence-electron chi connectivity index (χ3n) is 10.3. The Morgan fingerprint density at radius 3 is 1.55 bits per heavy atom. The Kier molecular flexibility index (Phi) is 6.68. The van der Waals surface area contributed by atoms with E-state index in [9.17, 15) is 0 Å². The second-order valence-corrected chi connectivity index (χ2v) is 13.1. The summed E-state index contributed by atoms with van der Waals surface area (Å²) in [6.07, 6.45) is 8.23. The van der Waals surface area contributed by atoms with Crippen molar-refractivity contribution in [3.63, 3.8) is 0 Å². The molecule has 238 valence electrons. The fourth-order valence-corrected chi connectivity index (χ4v) is 7.97. The normalized spacial score (nSPS) is 13.2. The number of hydrogen-bond acceptors (Lipinski definition) is 4. The Labute approximate surface area is 296 Å². The lowest BCUT2D eigenvalue weighted by molar-refractivity contribution is 0.766. The van der Waals surface area contributed by atoms with Gasteiger partial charge in [-0.05, 0) is 56.6 Å². The van der Waals surface area contributed by atoms with Crippen LogP contribution in [0.25, 0.3) is 68.6 Å². The van der Waals surface area contributed by atoms with E-state index in [4.69, 9.17) is 19.9 Å². The molecule has 8 aromatic rings. The van der Waals surface area contributed by atoms with E-state index in [0.29, 0.717) is 11.6 Å². The molecule has 0 unspecified atom stereocenters. The van der Waals surface area contributed by atoms with Crippen LogP contribution in [0.4, 0.5) is 0 Å². The highest BCUT2D eigenvalue weighted by atomic mass is 14.9. The van der Waals surface area contributed by atoms with Gasteiger partial charge in [0.15, 0.2) is 11.6 Å². The van der Waals surface area contributed by atoms with Crippen LogP contribution < -0.4 is 0 Å². The molecule has 0 saturated carbocycles. The topological polar surface area (TPSA) is 51.6 Å². The average molecular weight is 651 g/mol. The van der Waals surface area contributed by atoms with E-state index < -0.39 is 5.41 Å². The Hall–Kier alpha value is -6.78. The molecule has 4 heteroatoms. The number of fused-ring (bicyclic) bond motifs is 9. The fraction of sp³-hybridized carbons (Fsp3) is 0.0213. The van der Waals surface area contributed by atoms with Crippen LogP contribution in [-0.2, 0) is 5.41 Å². The number of nitrogens with zero attached hydrogens (tertiary/aromatic N) is 4. The van der Waals surface area contributed by atoms with Crippen molar-refractivity contribution in [2.75, 3.05) is 0 Å². The van der Waals surface area contributed by atoms with Crippen LogP contribution >= 0.6 is 0 Å². The first kappa shape index (κ1) is 29.2. The van der Waals surface area contributed by atoms with Gasteiger partial charge in [0.25, 0.3) is 0 Å². The molecule has 0 atom stereocenters. The highest BCUT2D eigenvalue weighted by Gasteiger charge is 2.48. The quantitative estimate of drug-likeness (QED) is 0.190. The van der Waals surface area contributed by atoms with Gasteiger partial charge in [-0.25, -0.2) is 19.9 Å². The number of benzene rings is 6. The maximum atomic E-state index is 5.17. The standard InChI is InChI=1S/C47H30N4/c1-3-15-33(16-4-1)43-28-44(36-29-48-45(49-30-36)34-17-5-2-6-18-34)51-46(50-43)35-25-26-42-38(27-35)37-19-9-12-22-41(37)47(42)39-20-10-7-13-31(39)23-24-32-14-8-11-21-40(32)47/h1-30H. The number of hydrogen-bond donors (Lipinski definition) is 0. The molecule has 1 spiro atoms. The van der Waals surface area contributed by atoms with Crippen molar-refractivity contribution in [1.82, 2.24) is 19.9 Å². The van der Waals surface area contributed by atoms with E-state index in [1.54, 1.807) is 0 Å². The van der Waals surface area contributed by atoms with Gasteiger partial charge in [-0.1, -0.05) is 158 Å². The van der Waals surface area contributed by atoms with Crippen LogP contribution in [0.5, 0.6) is 0 Å². The van der Waals surface area contributed by atoms with Crippen LogP contribution in [0, 0.1) is 0 Å². The smallest absolute Gasteiger partial charge is 0.160 e. The third-order valence-corrected chi connectivity index (χ3v) is 10.3. The summed E-state index contributed by atoms with van der Waals surface area (Å²) in [5.41, 5.74) is 14.9. The Balaban J connectivity index is 1.17. The maximum Gasteiger partial charge on any atom is 0.160 e. The van der Waals surface area contributed by atoms with Crippen LogP contribution in [0.1, 0.15) is 33.4 Å². The molecule has 0 bridgehead atoms. The van der Waals surface area contributed by atoms with Crippen molar-refractivity contribution >= 4 is 12.2 Å². The SMILES string of the molecule is C1=Cc2ccccc2C2(c3ccccc31)c1ccccc1-c1cc(-c3nc(-c4ccccc4)cc(-c4cnc(-c5ccccc5)nc4)n3)ccc12. The van der Waals surface area contributed by atoms with Gasteiger partial charge in [0, 0.05) is 34.6 Å². The van der Waals surface area contributed by atoms with E-state index >= 15 is 0 Å². The monoisotopic (exact) mass is 650 g/mol. The lowest BCUT2D eigenvalue weighted by Crippen LogP contribution is -2.29. The summed E-state index contributed by atoms with van der Waals surface area (Å²) in [6, 6.07) is 55.6. The van der Waals surface area contributed by atoms with Gasteiger partial charge in [-0.3, -0.25) is 0 Å². The van der Waals surface area contributed by atoms with E-state index in [-0.39, 0.29) is 0 Å². The molecule has 0 fully saturated rings. The Morgan fingerprint density at radius 1 is 0.353 bits per heavy atom. The van der Waals surface area contributed by atoms with Crippen LogP contribution in [0.3, 0.4) is 0 Å².